The Bertz CT molecular complexity index is 78.6. The molecule has 0 amide bonds. The Morgan fingerprint density at radius 3 is 2.38 bits per heavy atom. The molecule has 48 valence electrons. The molecule has 0 bridgehead atoms. The quantitative estimate of drug-likeness (QED) is 0.564. The first-order valence-corrected chi connectivity index (χ1v) is 2.88. The molecule has 0 aliphatic carbocycles. The highest BCUT2D eigenvalue weighted by Gasteiger charge is 1.98. The van der Waals surface area contributed by atoms with Gasteiger partial charge < -0.3 is 11.5 Å². The van der Waals surface area contributed by atoms with E-state index >= 15 is 0 Å². The van der Waals surface area contributed by atoms with Crippen molar-refractivity contribution >= 4 is 0 Å². The van der Waals surface area contributed by atoms with Crippen molar-refractivity contribution < 1.29 is 0 Å². The molecule has 0 radical (unpaired) electrons. The van der Waals surface area contributed by atoms with Crippen LogP contribution in [0.4, 0.5) is 0 Å². The SMILES string of the molecule is C=C(N)[C@H](N)CCC. The van der Waals surface area contributed by atoms with E-state index in [1.807, 2.05) is 0 Å². The highest BCUT2D eigenvalue weighted by molar-refractivity contribution is 4.97. The monoisotopic (exact) mass is 114 g/mol. The van der Waals surface area contributed by atoms with Crippen molar-refractivity contribution in [1.82, 2.24) is 0 Å². The molecule has 0 saturated heterocycles. The van der Waals surface area contributed by atoms with Crippen LogP contribution in [0.15, 0.2) is 12.3 Å². The van der Waals surface area contributed by atoms with Gasteiger partial charge in [0.25, 0.3) is 0 Å². The summed E-state index contributed by atoms with van der Waals surface area (Å²) < 4.78 is 0. The van der Waals surface area contributed by atoms with E-state index in [1.165, 1.54) is 0 Å². The fraction of sp³-hybridized carbons (Fsp3) is 0.667. The lowest BCUT2D eigenvalue weighted by Gasteiger charge is -2.07. The summed E-state index contributed by atoms with van der Waals surface area (Å²) in [5, 5.41) is 0. The minimum Gasteiger partial charge on any atom is -0.401 e. The first-order chi connectivity index (χ1) is 3.68. The molecular weight excluding hydrogens is 100 g/mol. The van der Waals surface area contributed by atoms with Crippen LogP contribution in [0.1, 0.15) is 19.8 Å². The Morgan fingerprint density at radius 2 is 2.25 bits per heavy atom. The molecule has 0 aromatic heterocycles. The van der Waals surface area contributed by atoms with Crippen molar-refractivity contribution in [3.8, 4) is 0 Å². The van der Waals surface area contributed by atoms with Gasteiger partial charge in [-0.05, 0) is 6.42 Å². The van der Waals surface area contributed by atoms with Crippen LogP contribution in [0.3, 0.4) is 0 Å². The summed E-state index contributed by atoms with van der Waals surface area (Å²) in [5.74, 6) is 0. The van der Waals surface area contributed by atoms with Gasteiger partial charge in [-0.1, -0.05) is 19.9 Å². The molecule has 0 aliphatic heterocycles. The van der Waals surface area contributed by atoms with E-state index < -0.39 is 0 Å². The molecule has 0 spiro atoms. The molecule has 0 saturated carbocycles. The lowest BCUT2D eigenvalue weighted by Crippen LogP contribution is -2.26. The highest BCUT2D eigenvalue weighted by atomic mass is 14.7. The van der Waals surface area contributed by atoms with Crippen molar-refractivity contribution in [2.45, 2.75) is 25.8 Å². The molecule has 0 aliphatic rings. The Kier molecular flexibility index (Phi) is 3.28. The van der Waals surface area contributed by atoms with E-state index in [0.717, 1.165) is 12.8 Å². The maximum Gasteiger partial charge on any atom is 0.0436 e. The molecule has 2 heteroatoms. The molecule has 0 heterocycles. The van der Waals surface area contributed by atoms with Crippen LogP contribution in [0.25, 0.3) is 0 Å². The van der Waals surface area contributed by atoms with Crippen molar-refractivity contribution in [2.75, 3.05) is 0 Å². The van der Waals surface area contributed by atoms with Crippen LogP contribution >= 0.6 is 0 Å². The average molecular weight is 114 g/mol. The van der Waals surface area contributed by atoms with Gasteiger partial charge >= 0.3 is 0 Å². The Morgan fingerprint density at radius 1 is 1.75 bits per heavy atom. The lowest BCUT2D eigenvalue weighted by atomic mass is 10.1. The summed E-state index contributed by atoms with van der Waals surface area (Å²) in [6, 6.07) is -0.000000000000000444. The Labute approximate surface area is 50.6 Å². The van der Waals surface area contributed by atoms with Gasteiger partial charge in [0.1, 0.15) is 0 Å². The first kappa shape index (κ1) is 7.50. The lowest BCUT2D eigenvalue weighted by molar-refractivity contribution is 0.670. The molecular formula is C6H14N2. The second-order valence-corrected chi connectivity index (χ2v) is 1.97. The van der Waals surface area contributed by atoms with E-state index in [-0.39, 0.29) is 6.04 Å². The van der Waals surface area contributed by atoms with Crippen molar-refractivity contribution in [3.63, 3.8) is 0 Å². The third-order valence-corrected chi connectivity index (χ3v) is 1.08. The zero-order valence-corrected chi connectivity index (χ0v) is 5.35. The zero-order valence-electron chi connectivity index (χ0n) is 5.35. The first-order valence-electron chi connectivity index (χ1n) is 2.88. The highest BCUT2D eigenvalue weighted by Crippen LogP contribution is 1.96. The molecule has 1 atom stereocenters. The van der Waals surface area contributed by atoms with Crippen LogP contribution in [0.5, 0.6) is 0 Å². The van der Waals surface area contributed by atoms with E-state index in [4.69, 9.17) is 11.5 Å². The maximum atomic E-state index is 5.50. The largest absolute Gasteiger partial charge is 0.401 e. The van der Waals surface area contributed by atoms with Gasteiger partial charge in [-0.3, -0.25) is 0 Å². The second-order valence-electron chi connectivity index (χ2n) is 1.97. The van der Waals surface area contributed by atoms with E-state index in [1.54, 1.807) is 0 Å². The Balaban J connectivity index is 3.32. The summed E-state index contributed by atoms with van der Waals surface area (Å²) in [4.78, 5) is 0. The van der Waals surface area contributed by atoms with E-state index in [0.29, 0.717) is 5.70 Å². The van der Waals surface area contributed by atoms with Crippen LogP contribution in [-0.2, 0) is 0 Å². The van der Waals surface area contributed by atoms with Crippen molar-refractivity contribution in [1.29, 1.82) is 0 Å². The van der Waals surface area contributed by atoms with E-state index in [2.05, 4.69) is 13.5 Å². The van der Waals surface area contributed by atoms with Gasteiger partial charge in [0.15, 0.2) is 0 Å². The summed E-state index contributed by atoms with van der Waals surface area (Å²) in [6.45, 7) is 5.60. The van der Waals surface area contributed by atoms with Crippen molar-refractivity contribution in [2.24, 2.45) is 11.5 Å². The summed E-state index contributed by atoms with van der Waals surface area (Å²) in [6.07, 6.45) is 2.01. The number of nitrogens with two attached hydrogens (primary N) is 2. The Hall–Kier alpha value is -0.500. The van der Waals surface area contributed by atoms with Crippen LogP contribution < -0.4 is 11.5 Å². The average Bonchev–Trinajstić information content (AvgIpc) is 1.67. The third kappa shape index (κ3) is 2.64. The molecule has 4 N–H and O–H groups in total. The maximum absolute atomic E-state index is 5.50. The van der Waals surface area contributed by atoms with Gasteiger partial charge in [-0.15, -0.1) is 0 Å². The number of hydrogen-bond acceptors (Lipinski definition) is 2. The predicted octanol–water partition coefficient (Wildman–Crippen LogP) is 0.586. The molecule has 8 heavy (non-hydrogen) atoms. The van der Waals surface area contributed by atoms with Gasteiger partial charge in [-0.25, -0.2) is 0 Å². The van der Waals surface area contributed by atoms with Crippen LogP contribution in [0.2, 0.25) is 0 Å². The fourth-order valence-electron chi connectivity index (χ4n) is 0.496. The minimum atomic E-state index is -0.000000000000000444. The summed E-state index contributed by atoms with van der Waals surface area (Å²) >= 11 is 0. The molecule has 0 unspecified atom stereocenters. The van der Waals surface area contributed by atoms with Gasteiger partial charge in [0, 0.05) is 11.7 Å². The van der Waals surface area contributed by atoms with Gasteiger partial charge in [0.2, 0.25) is 0 Å². The third-order valence-electron chi connectivity index (χ3n) is 1.08. The molecule has 0 aromatic rings. The summed E-state index contributed by atoms with van der Waals surface area (Å²) in [5.41, 5.74) is 11.4. The van der Waals surface area contributed by atoms with Gasteiger partial charge in [0.05, 0.1) is 0 Å². The minimum absolute atomic E-state index is 0.000000000000000444. The van der Waals surface area contributed by atoms with Crippen LogP contribution in [0, 0.1) is 0 Å². The number of hydrogen-bond donors (Lipinski definition) is 2. The topological polar surface area (TPSA) is 52.0 Å². The molecule has 0 fully saturated rings. The normalized spacial score (nSPS) is 13.2. The summed E-state index contributed by atoms with van der Waals surface area (Å²) in [7, 11) is 0. The van der Waals surface area contributed by atoms with Crippen LogP contribution in [-0.4, -0.2) is 6.04 Å². The molecule has 0 rings (SSSR count). The predicted molar refractivity (Wildman–Crippen MR) is 36.2 cm³/mol. The fourth-order valence-corrected chi connectivity index (χ4v) is 0.496. The molecule has 0 aromatic carbocycles. The molecule has 2 nitrogen and oxygen atoms in total. The second kappa shape index (κ2) is 3.50. The standard InChI is InChI=1S/C6H14N2/c1-3-4-6(8)5(2)7/h6H,2-4,7-8H2,1H3/t6-/m1/s1. The van der Waals surface area contributed by atoms with Crippen molar-refractivity contribution in [3.05, 3.63) is 12.3 Å². The van der Waals surface area contributed by atoms with E-state index in [9.17, 15) is 0 Å². The smallest absolute Gasteiger partial charge is 0.0436 e. The zero-order chi connectivity index (χ0) is 6.57. The van der Waals surface area contributed by atoms with Gasteiger partial charge in [-0.2, -0.15) is 0 Å². The number of rotatable bonds is 3.